The van der Waals surface area contributed by atoms with Crippen molar-refractivity contribution in [3.63, 3.8) is 0 Å². The van der Waals surface area contributed by atoms with Crippen LogP contribution in [0.15, 0.2) is 42.5 Å². The van der Waals surface area contributed by atoms with E-state index in [4.69, 9.17) is 25.8 Å². The molecular formula is C21H22ClN3O7. The molecule has 3 amide bonds. The highest BCUT2D eigenvalue weighted by atomic mass is 35.5. The van der Waals surface area contributed by atoms with Gasteiger partial charge >= 0.3 is 5.97 Å². The number of hydrazine groups is 1. The monoisotopic (exact) mass is 463 g/mol. The highest BCUT2D eigenvalue weighted by Gasteiger charge is 2.14. The lowest BCUT2D eigenvalue weighted by molar-refractivity contribution is -0.148. The van der Waals surface area contributed by atoms with Gasteiger partial charge in [-0.05, 0) is 36.4 Å². The van der Waals surface area contributed by atoms with E-state index in [0.29, 0.717) is 27.8 Å². The second kappa shape index (κ2) is 12.2. The average molecular weight is 464 g/mol. The van der Waals surface area contributed by atoms with Gasteiger partial charge < -0.3 is 19.5 Å². The molecule has 0 spiro atoms. The molecule has 2 aromatic rings. The standard InChI is InChI=1S/C21H22ClN3O7/c1-30-15-7-8-17(31-2)16(11-15)23-19(27)12-32-20(28)10-9-18(26)24-25-21(29)13-3-5-14(22)6-4-13/h3-8,11H,9-10,12H2,1-2H3,(H,23,27)(H,24,26)(H,25,29). The van der Waals surface area contributed by atoms with Crippen molar-refractivity contribution in [2.75, 3.05) is 26.1 Å². The minimum Gasteiger partial charge on any atom is -0.497 e. The SMILES string of the molecule is COc1ccc(OC)c(NC(=O)COC(=O)CCC(=O)NNC(=O)c2ccc(Cl)cc2)c1. The van der Waals surface area contributed by atoms with Crippen LogP contribution in [0.25, 0.3) is 0 Å². The van der Waals surface area contributed by atoms with E-state index in [-0.39, 0.29) is 12.8 Å². The Labute approximate surface area is 189 Å². The maximum atomic E-state index is 12.0. The molecule has 3 N–H and O–H groups in total. The summed E-state index contributed by atoms with van der Waals surface area (Å²) in [6.45, 7) is -0.548. The van der Waals surface area contributed by atoms with Gasteiger partial charge in [0.2, 0.25) is 5.91 Å². The van der Waals surface area contributed by atoms with E-state index in [1.54, 1.807) is 18.2 Å². The van der Waals surface area contributed by atoms with Gasteiger partial charge in [0, 0.05) is 23.1 Å². The highest BCUT2D eigenvalue weighted by molar-refractivity contribution is 6.30. The van der Waals surface area contributed by atoms with Gasteiger partial charge in [-0.25, -0.2) is 0 Å². The van der Waals surface area contributed by atoms with E-state index in [2.05, 4.69) is 16.2 Å². The number of esters is 1. The summed E-state index contributed by atoms with van der Waals surface area (Å²) in [7, 11) is 2.93. The Morgan fingerprint density at radius 3 is 2.25 bits per heavy atom. The number of benzene rings is 2. The first-order valence-corrected chi connectivity index (χ1v) is 9.72. The van der Waals surface area contributed by atoms with Gasteiger partial charge in [0.15, 0.2) is 6.61 Å². The summed E-state index contributed by atoms with van der Waals surface area (Å²) >= 11 is 5.75. The summed E-state index contributed by atoms with van der Waals surface area (Å²) in [5.41, 5.74) is 5.06. The van der Waals surface area contributed by atoms with Crippen molar-refractivity contribution in [1.29, 1.82) is 0 Å². The lowest BCUT2D eigenvalue weighted by Crippen LogP contribution is -2.41. The molecule has 0 radical (unpaired) electrons. The number of hydrogen-bond donors (Lipinski definition) is 3. The Hall–Kier alpha value is -3.79. The zero-order chi connectivity index (χ0) is 23.5. The molecular weight excluding hydrogens is 442 g/mol. The zero-order valence-corrected chi connectivity index (χ0v) is 18.2. The number of methoxy groups -OCH3 is 2. The summed E-state index contributed by atoms with van der Waals surface area (Å²) in [4.78, 5) is 47.5. The van der Waals surface area contributed by atoms with Crippen molar-refractivity contribution in [2.24, 2.45) is 0 Å². The number of carbonyl (C=O) groups is 4. The molecule has 2 rings (SSSR count). The second-order valence-corrected chi connectivity index (χ2v) is 6.72. The molecule has 0 unspecified atom stereocenters. The summed E-state index contributed by atoms with van der Waals surface area (Å²) in [6.07, 6.45) is -0.524. The van der Waals surface area contributed by atoms with Gasteiger partial charge in [0.1, 0.15) is 11.5 Å². The van der Waals surface area contributed by atoms with E-state index < -0.39 is 30.3 Å². The fourth-order valence-electron chi connectivity index (χ4n) is 2.39. The van der Waals surface area contributed by atoms with Crippen LogP contribution in [-0.2, 0) is 19.1 Å². The molecule has 0 saturated heterocycles. The van der Waals surface area contributed by atoms with Crippen LogP contribution in [0, 0.1) is 0 Å². The summed E-state index contributed by atoms with van der Waals surface area (Å²) in [5.74, 6) is -1.58. The summed E-state index contributed by atoms with van der Waals surface area (Å²) < 4.78 is 15.1. The number of amides is 3. The molecule has 0 heterocycles. The van der Waals surface area contributed by atoms with Gasteiger partial charge in [-0.3, -0.25) is 30.0 Å². The van der Waals surface area contributed by atoms with Gasteiger partial charge in [-0.1, -0.05) is 11.6 Å². The third-order valence-electron chi connectivity index (χ3n) is 4.02. The minimum absolute atomic E-state index is 0.245. The molecule has 0 aliphatic rings. The Bertz CT molecular complexity index is 980. The van der Waals surface area contributed by atoms with Crippen molar-refractivity contribution < 1.29 is 33.4 Å². The van der Waals surface area contributed by atoms with Gasteiger partial charge in [0.25, 0.3) is 11.8 Å². The Morgan fingerprint density at radius 1 is 0.875 bits per heavy atom. The largest absolute Gasteiger partial charge is 0.497 e. The fraction of sp³-hybridized carbons (Fsp3) is 0.238. The molecule has 0 bridgehead atoms. The third-order valence-corrected chi connectivity index (χ3v) is 4.28. The molecule has 2 aromatic carbocycles. The van der Waals surface area contributed by atoms with Crippen LogP contribution >= 0.6 is 11.6 Å². The van der Waals surface area contributed by atoms with E-state index in [9.17, 15) is 19.2 Å². The normalized spacial score (nSPS) is 9.97. The van der Waals surface area contributed by atoms with Crippen LogP contribution in [0.5, 0.6) is 11.5 Å². The molecule has 0 saturated carbocycles. The lowest BCUT2D eigenvalue weighted by Gasteiger charge is -2.12. The molecule has 0 aliphatic carbocycles. The Morgan fingerprint density at radius 2 is 1.59 bits per heavy atom. The van der Waals surface area contributed by atoms with E-state index >= 15 is 0 Å². The number of hydrogen-bond acceptors (Lipinski definition) is 7. The molecule has 170 valence electrons. The smallest absolute Gasteiger partial charge is 0.306 e. The van der Waals surface area contributed by atoms with Crippen LogP contribution in [0.1, 0.15) is 23.2 Å². The lowest BCUT2D eigenvalue weighted by atomic mass is 10.2. The van der Waals surface area contributed by atoms with Crippen molar-refractivity contribution in [1.82, 2.24) is 10.9 Å². The summed E-state index contributed by atoms with van der Waals surface area (Å²) in [5, 5.41) is 3.02. The topological polar surface area (TPSA) is 132 Å². The first-order valence-electron chi connectivity index (χ1n) is 9.34. The van der Waals surface area contributed by atoms with Gasteiger partial charge in [0.05, 0.1) is 26.3 Å². The van der Waals surface area contributed by atoms with Crippen LogP contribution in [0.3, 0.4) is 0 Å². The van der Waals surface area contributed by atoms with Crippen LogP contribution < -0.4 is 25.6 Å². The molecule has 0 fully saturated rings. The van der Waals surface area contributed by atoms with E-state index in [1.165, 1.54) is 38.5 Å². The van der Waals surface area contributed by atoms with E-state index in [1.807, 2.05) is 0 Å². The molecule has 11 heteroatoms. The number of anilines is 1. The highest BCUT2D eigenvalue weighted by Crippen LogP contribution is 2.28. The average Bonchev–Trinajstić information content (AvgIpc) is 2.80. The van der Waals surface area contributed by atoms with E-state index in [0.717, 1.165) is 0 Å². The van der Waals surface area contributed by atoms with Gasteiger partial charge in [-0.2, -0.15) is 0 Å². The first kappa shape index (κ1) is 24.5. The molecule has 32 heavy (non-hydrogen) atoms. The first-order chi connectivity index (χ1) is 15.3. The fourth-order valence-corrected chi connectivity index (χ4v) is 2.52. The zero-order valence-electron chi connectivity index (χ0n) is 17.4. The van der Waals surface area contributed by atoms with Crippen molar-refractivity contribution in [3.05, 3.63) is 53.1 Å². The third kappa shape index (κ3) is 7.80. The predicted octanol–water partition coefficient (Wildman–Crippen LogP) is 2.08. The maximum Gasteiger partial charge on any atom is 0.306 e. The van der Waals surface area contributed by atoms with Crippen molar-refractivity contribution >= 4 is 41.0 Å². The number of carbonyl (C=O) groups excluding carboxylic acids is 4. The Balaban J connectivity index is 1.70. The van der Waals surface area contributed by atoms with Crippen LogP contribution in [-0.4, -0.2) is 44.5 Å². The van der Waals surface area contributed by atoms with Crippen molar-refractivity contribution in [3.8, 4) is 11.5 Å². The van der Waals surface area contributed by atoms with Crippen LogP contribution in [0.2, 0.25) is 5.02 Å². The maximum absolute atomic E-state index is 12.0. The molecule has 0 aliphatic heterocycles. The molecule has 10 nitrogen and oxygen atoms in total. The summed E-state index contributed by atoms with van der Waals surface area (Å²) in [6, 6.07) is 10.9. The quantitative estimate of drug-likeness (QED) is 0.383. The number of rotatable bonds is 9. The molecule has 0 aromatic heterocycles. The number of halogens is 1. The number of nitrogens with one attached hydrogen (secondary N) is 3. The minimum atomic E-state index is -0.753. The van der Waals surface area contributed by atoms with Gasteiger partial charge in [-0.15, -0.1) is 0 Å². The molecule has 0 atom stereocenters. The predicted molar refractivity (Wildman–Crippen MR) is 115 cm³/mol. The Kier molecular flexibility index (Phi) is 9.30. The number of ether oxygens (including phenoxy) is 3. The van der Waals surface area contributed by atoms with Crippen molar-refractivity contribution in [2.45, 2.75) is 12.8 Å². The van der Waals surface area contributed by atoms with Crippen LogP contribution in [0.4, 0.5) is 5.69 Å². The second-order valence-electron chi connectivity index (χ2n) is 6.28.